The van der Waals surface area contributed by atoms with Crippen LogP contribution in [0.25, 0.3) is 11.0 Å². The lowest BCUT2D eigenvalue weighted by Gasteiger charge is -2.30. The highest BCUT2D eigenvalue weighted by molar-refractivity contribution is 5.87. The maximum atomic E-state index is 13.1. The van der Waals surface area contributed by atoms with Crippen molar-refractivity contribution < 1.29 is 23.1 Å². The molecule has 0 atom stereocenters. The summed E-state index contributed by atoms with van der Waals surface area (Å²) < 4.78 is 29.8. The molecule has 7 heteroatoms. The summed E-state index contributed by atoms with van der Waals surface area (Å²) in [4.78, 5) is 26.6. The van der Waals surface area contributed by atoms with Crippen LogP contribution in [0.15, 0.2) is 39.5 Å². The Balaban J connectivity index is 1.58. The number of hydrogen-bond acceptors (Lipinski definition) is 6. The van der Waals surface area contributed by atoms with Gasteiger partial charge in [0.1, 0.15) is 23.9 Å². The van der Waals surface area contributed by atoms with E-state index in [2.05, 4.69) is 4.90 Å². The smallest absolute Gasteiger partial charge is 0.339 e. The van der Waals surface area contributed by atoms with Crippen molar-refractivity contribution in [3.63, 3.8) is 0 Å². The number of ether oxygens (including phenoxy) is 2. The Bertz CT molecular complexity index is 1230. The second kappa shape index (κ2) is 9.75. The minimum atomic E-state index is -0.427. The van der Waals surface area contributed by atoms with Crippen LogP contribution in [-0.4, -0.2) is 30.8 Å². The summed E-state index contributed by atoms with van der Waals surface area (Å²) in [5.41, 5.74) is 4.32. The molecule has 2 aromatic carbocycles. The molecule has 0 saturated carbocycles. The molecule has 1 aliphatic rings. The van der Waals surface area contributed by atoms with Gasteiger partial charge in [-0.2, -0.15) is 0 Å². The van der Waals surface area contributed by atoms with Gasteiger partial charge in [-0.1, -0.05) is 12.1 Å². The zero-order valence-corrected chi connectivity index (χ0v) is 19.2. The lowest BCUT2D eigenvalue weighted by molar-refractivity contribution is -0.143. The van der Waals surface area contributed by atoms with Crippen molar-refractivity contribution >= 4 is 16.9 Å². The van der Waals surface area contributed by atoms with E-state index in [4.69, 9.17) is 13.9 Å². The van der Waals surface area contributed by atoms with Gasteiger partial charge in [0.2, 0.25) is 0 Å². The lowest BCUT2D eigenvalue weighted by atomic mass is 9.97. The Morgan fingerprint density at radius 3 is 2.64 bits per heavy atom. The van der Waals surface area contributed by atoms with E-state index in [-0.39, 0.29) is 24.6 Å². The van der Waals surface area contributed by atoms with Crippen LogP contribution < -0.4 is 10.4 Å². The Morgan fingerprint density at radius 1 is 1.15 bits per heavy atom. The van der Waals surface area contributed by atoms with Crippen molar-refractivity contribution in [2.75, 3.05) is 19.9 Å². The van der Waals surface area contributed by atoms with E-state index in [1.165, 1.54) is 12.1 Å². The third-order valence-electron chi connectivity index (χ3n) is 6.13. The molecule has 0 radical (unpaired) electrons. The number of fused-ring (bicyclic) bond motifs is 2. The molecule has 0 unspecified atom stereocenters. The van der Waals surface area contributed by atoms with Crippen LogP contribution in [-0.2, 0) is 28.9 Å². The first-order valence-electron chi connectivity index (χ1n) is 11.2. The van der Waals surface area contributed by atoms with E-state index < -0.39 is 5.63 Å². The zero-order valence-electron chi connectivity index (χ0n) is 19.2. The van der Waals surface area contributed by atoms with Gasteiger partial charge in [0.15, 0.2) is 0 Å². The highest BCUT2D eigenvalue weighted by atomic mass is 19.1. The number of rotatable bonds is 7. The van der Waals surface area contributed by atoms with Crippen LogP contribution in [0, 0.1) is 19.7 Å². The molecule has 0 spiro atoms. The van der Waals surface area contributed by atoms with Crippen LogP contribution in [0.4, 0.5) is 4.39 Å². The number of nitrogens with zero attached hydrogens (tertiary/aromatic N) is 1. The van der Waals surface area contributed by atoms with Crippen molar-refractivity contribution in [1.29, 1.82) is 0 Å². The summed E-state index contributed by atoms with van der Waals surface area (Å²) in [7, 11) is 0. The molecule has 0 fully saturated rings. The number of benzene rings is 2. The summed E-state index contributed by atoms with van der Waals surface area (Å²) in [6.45, 7) is 7.76. The highest BCUT2D eigenvalue weighted by Gasteiger charge is 2.24. The van der Waals surface area contributed by atoms with Gasteiger partial charge in [0, 0.05) is 41.6 Å². The van der Waals surface area contributed by atoms with Crippen LogP contribution in [0.3, 0.4) is 0 Å². The standard InChI is InChI=1S/C26H28FNO5/c1-4-31-23(29)10-9-21-16(2)22-13-19-14-28(12-11-18-5-7-20(27)8-6-18)15-32-24(19)17(3)25(22)33-26(21)30/h5-8,13H,4,9-12,14-15H2,1-3H3. The molecule has 0 amide bonds. The number of aryl methyl sites for hydroxylation is 2. The van der Waals surface area contributed by atoms with E-state index in [0.29, 0.717) is 31.0 Å². The Labute approximate surface area is 191 Å². The second-order valence-corrected chi connectivity index (χ2v) is 8.37. The number of halogens is 1. The van der Waals surface area contributed by atoms with Gasteiger partial charge in [0.05, 0.1) is 6.61 Å². The summed E-state index contributed by atoms with van der Waals surface area (Å²) in [6, 6.07) is 8.57. The fourth-order valence-electron chi connectivity index (χ4n) is 4.32. The summed E-state index contributed by atoms with van der Waals surface area (Å²) in [5, 5.41) is 0.855. The molecule has 0 N–H and O–H groups in total. The molecular formula is C26H28FNO5. The maximum Gasteiger partial charge on any atom is 0.339 e. The number of carbonyl (C=O) groups excluding carboxylic acids is 1. The molecule has 3 aromatic rings. The number of esters is 1. The van der Waals surface area contributed by atoms with Crippen LogP contribution >= 0.6 is 0 Å². The van der Waals surface area contributed by atoms with Gasteiger partial charge < -0.3 is 13.9 Å². The quantitative estimate of drug-likeness (QED) is 0.389. The van der Waals surface area contributed by atoms with Gasteiger partial charge in [-0.3, -0.25) is 9.69 Å². The van der Waals surface area contributed by atoms with Gasteiger partial charge in [0.25, 0.3) is 0 Å². The van der Waals surface area contributed by atoms with Crippen LogP contribution in [0.5, 0.6) is 5.75 Å². The van der Waals surface area contributed by atoms with Crippen LogP contribution in [0.2, 0.25) is 0 Å². The Hall–Kier alpha value is -3.19. The number of carbonyl (C=O) groups is 1. The van der Waals surface area contributed by atoms with E-state index in [1.807, 2.05) is 19.9 Å². The highest BCUT2D eigenvalue weighted by Crippen LogP contribution is 2.36. The summed E-state index contributed by atoms with van der Waals surface area (Å²) in [5.74, 6) is 0.186. The third-order valence-corrected chi connectivity index (χ3v) is 6.13. The zero-order chi connectivity index (χ0) is 23.5. The van der Waals surface area contributed by atoms with E-state index >= 15 is 0 Å². The maximum absolute atomic E-state index is 13.1. The Kier molecular flexibility index (Phi) is 6.79. The van der Waals surface area contributed by atoms with Gasteiger partial charge in [-0.05, 0) is 62.9 Å². The molecule has 0 aliphatic carbocycles. The molecule has 6 nitrogen and oxygen atoms in total. The molecule has 0 bridgehead atoms. The SMILES string of the molecule is CCOC(=O)CCc1c(C)c2cc3c(c(C)c2oc1=O)OCN(CCc1ccc(F)cc1)C3. The fraction of sp³-hybridized carbons (Fsp3) is 0.385. The van der Waals surface area contributed by atoms with E-state index in [1.54, 1.807) is 19.1 Å². The summed E-state index contributed by atoms with van der Waals surface area (Å²) in [6.07, 6.45) is 1.20. The molecule has 2 heterocycles. The molecule has 174 valence electrons. The van der Waals surface area contributed by atoms with Crippen molar-refractivity contribution in [2.45, 2.75) is 46.6 Å². The van der Waals surface area contributed by atoms with Gasteiger partial charge in [-0.25, -0.2) is 9.18 Å². The first-order chi connectivity index (χ1) is 15.9. The average molecular weight is 454 g/mol. The second-order valence-electron chi connectivity index (χ2n) is 8.37. The monoisotopic (exact) mass is 453 g/mol. The van der Waals surface area contributed by atoms with Crippen molar-refractivity contribution in [3.05, 3.63) is 74.4 Å². The molecule has 4 rings (SSSR count). The fourth-order valence-corrected chi connectivity index (χ4v) is 4.32. The third kappa shape index (κ3) is 4.93. The molecule has 0 saturated heterocycles. The van der Waals surface area contributed by atoms with E-state index in [9.17, 15) is 14.0 Å². The normalized spacial score (nSPS) is 13.6. The first kappa shape index (κ1) is 23.0. The largest absolute Gasteiger partial charge is 0.477 e. The predicted molar refractivity (Wildman–Crippen MR) is 123 cm³/mol. The molecule has 1 aromatic heterocycles. The van der Waals surface area contributed by atoms with Crippen molar-refractivity contribution in [2.24, 2.45) is 0 Å². The minimum absolute atomic E-state index is 0.134. The van der Waals surface area contributed by atoms with Crippen molar-refractivity contribution in [3.8, 4) is 5.75 Å². The van der Waals surface area contributed by atoms with Crippen LogP contribution in [0.1, 0.15) is 41.2 Å². The predicted octanol–water partition coefficient (Wildman–Crippen LogP) is 4.44. The Morgan fingerprint density at radius 2 is 1.91 bits per heavy atom. The topological polar surface area (TPSA) is 69.0 Å². The van der Waals surface area contributed by atoms with Gasteiger partial charge >= 0.3 is 11.6 Å². The lowest BCUT2D eigenvalue weighted by Crippen LogP contribution is -2.34. The minimum Gasteiger partial charge on any atom is -0.477 e. The molecule has 33 heavy (non-hydrogen) atoms. The first-order valence-corrected chi connectivity index (χ1v) is 11.2. The summed E-state index contributed by atoms with van der Waals surface area (Å²) >= 11 is 0. The molecular weight excluding hydrogens is 425 g/mol. The van der Waals surface area contributed by atoms with Crippen molar-refractivity contribution in [1.82, 2.24) is 4.90 Å². The molecule has 1 aliphatic heterocycles. The average Bonchev–Trinajstić information content (AvgIpc) is 2.79. The van der Waals surface area contributed by atoms with E-state index in [0.717, 1.165) is 46.4 Å². The number of hydrogen-bond donors (Lipinski definition) is 0. The van der Waals surface area contributed by atoms with Gasteiger partial charge in [-0.15, -0.1) is 0 Å².